The zero-order valence-corrected chi connectivity index (χ0v) is 14.0. The molecule has 1 unspecified atom stereocenters. The largest absolute Gasteiger partial charge is 0.461 e. The van der Waals surface area contributed by atoms with Crippen LogP contribution in [-0.2, 0) is 14.8 Å². The number of hydrogen-bond donors (Lipinski definition) is 1. The summed E-state index contributed by atoms with van der Waals surface area (Å²) in [4.78, 5) is 14.6. The maximum absolute atomic E-state index is 12.4. The molecule has 0 amide bonds. The summed E-state index contributed by atoms with van der Waals surface area (Å²) < 4.78 is 30.4. The van der Waals surface area contributed by atoms with E-state index in [4.69, 9.17) is 27.9 Å². The minimum absolute atomic E-state index is 0.0671. The number of aromatic amines is 1. The van der Waals surface area contributed by atoms with E-state index in [1.54, 1.807) is 0 Å². The van der Waals surface area contributed by atoms with Gasteiger partial charge in [0, 0.05) is 25.2 Å². The van der Waals surface area contributed by atoms with Crippen molar-refractivity contribution in [2.75, 3.05) is 19.7 Å². The Labute approximate surface area is 138 Å². The highest BCUT2D eigenvalue weighted by molar-refractivity contribution is 7.89. The maximum atomic E-state index is 12.4. The fraction of sp³-hybridized carbons (Fsp3) is 0.615. The Balaban J connectivity index is 1.64. The number of sulfonamides is 1. The van der Waals surface area contributed by atoms with Crippen LogP contribution in [0.3, 0.4) is 0 Å². The highest BCUT2D eigenvalue weighted by Crippen LogP contribution is 2.53. The number of aromatic nitrogens is 1. The van der Waals surface area contributed by atoms with E-state index < -0.39 is 20.3 Å². The van der Waals surface area contributed by atoms with Gasteiger partial charge < -0.3 is 9.72 Å². The van der Waals surface area contributed by atoms with Gasteiger partial charge >= 0.3 is 5.97 Å². The van der Waals surface area contributed by atoms with Crippen molar-refractivity contribution in [3.05, 3.63) is 18.0 Å². The summed E-state index contributed by atoms with van der Waals surface area (Å²) >= 11 is 11.7. The number of nitrogens with zero attached hydrogens (tertiary/aromatic N) is 1. The number of esters is 1. The van der Waals surface area contributed by atoms with Crippen LogP contribution in [0.15, 0.2) is 17.2 Å². The fourth-order valence-corrected chi connectivity index (χ4v) is 4.43. The molecule has 1 N–H and O–H groups in total. The van der Waals surface area contributed by atoms with Gasteiger partial charge in [0.2, 0.25) is 10.0 Å². The van der Waals surface area contributed by atoms with Gasteiger partial charge in [-0.15, -0.1) is 23.2 Å². The van der Waals surface area contributed by atoms with E-state index in [2.05, 4.69) is 4.98 Å². The molecule has 0 spiro atoms. The zero-order chi connectivity index (χ0) is 16.0. The summed E-state index contributed by atoms with van der Waals surface area (Å²) in [7, 11) is -3.54. The van der Waals surface area contributed by atoms with E-state index in [0.717, 1.165) is 12.8 Å². The van der Waals surface area contributed by atoms with Gasteiger partial charge in [-0.3, -0.25) is 0 Å². The number of carbonyl (C=O) groups excluding carboxylic acids is 1. The van der Waals surface area contributed by atoms with Crippen LogP contribution < -0.4 is 0 Å². The number of rotatable bonds is 5. The van der Waals surface area contributed by atoms with Gasteiger partial charge in [-0.25, -0.2) is 13.2 Å². The number of hydrogen-bond acceptors (Lipinski definition) is 4. The summed E-state index contributed by atoms with van der Waals surface area (Å²) in [6.45, 7) is 1.16. The molecule has 1 aliphatic carbocycles. The standard InChI is InChI=1S/C13H16Cl2N2O4S/c14-13(15)6-9(13)8-21-12(18)11-5-10(7-16-11)22(19,20)17-3-1-2-4-17/h5,7,9,16H,1-4,6,8H2. The Morgan fingerprint density at radius 1 is 1.41 bits per heavy atom. The van der Waals surface area contributed by atoms with Gasteiger partial charge in [0.05, 0.1) is 6.61 Å². The summed E-state index contributed by atoms with van der Waals surface area (Å²) in [5.41, 5.74) is 0.105. The van der Waals surface area contributed by atoms with Gasteiger partial charge in [-0.1, -0.05) is 0 Å². The quantitative estimate of drug-likeness (QED) is 0.639. The van der Waals surface area contributed by atoms with Crippen LogP contribution >= 0.6 is 23.2 Å². The molecule has 1 atom stereocenters. The van der Waals surface area contributed by atoms with Crippen LogP contribution in [0.4, 0.5) is 0 Å². The van der Waals surface area contributed by atoms with E-state index in [0.29, 0.717) is 19.5 Å². The molecule has 2 aliphatic rings. The van der Waals surface area contributed by atoms with E-state index in [1.807, 2.05) is 0 Å². The Hall–Kier alpha value is -0.760. The predicted octanol–water partition coefficient (Wildman–Crippen LogP) is 2.15. The Bertz CT molecular complexity index is 680. The van der Waals surface area contributed by atoms with Crippen molar-refractivity contribution in [3.63, 3.8) is 0 Å². The van der Waals surface area contributed by atoms with Crippen LogP contribution in [-0.4, -0.2) is 47.7 Å². The molecule has 122 valence electrons. The van der Waals surface area contributed by atoms with Crippen LogP contribution in [0, 0.1) is 5.92 Å². The van der Waals surface area contributed by atoms with Crippen LogP contribution in [0.25, 0.3) is 0 Å². The molecular weight excluding hydrogens is 351 g/mol. The molecular formula is C13H16Cl2N2O4S. The Morgan fingerprint density at radius 2 is 2.05 bits per heavy atom. The first-order chi connectivity index (χ1) is 10.3. The van der Waals surface area contributed by atoms with Crippen molar-refractivity contribution in [2.24, 2.45) is 5.92 Å². The highest BCUT2D eigenvalue weighted by atomic mass is 35.5. The molecule has 0 radical (unpaired) electrons. The van der Waals surface area contributed by atoms with Crippen molar-refractivity contribution < 1.29 is 17.9 Å². The molecule has 1 saturated heterocycles. The first-order valence-corrected chi connectivity index (χ1v) is 9.24. The number of halogens is 2. The SMILES string of the molecule is O=C(OCC1CC1(Cl)Cl)c1cc(S(=O)(=O)N2CCCC2)c[nH]1. The second-order valence-electron chi connectivity index (χ2n) is 5.62. The minimum Gasteiger partial charge on any atom is -0.461 e. The van der Waals surface area contributed by atoms with Crippen molar-refractivity contribution in [2.45, 2.75) is 28.5 Å². The predicted molar refractivity (Wildman–Crippen MR) is 81.6 cm³/mol. The summed E-state index contributed by atoms with van der Waals surface area (Å²) in [6.07, 6.45) is 3.62. The summed E-state index contributed by atoms with van der Waals surface area (Å²) in [5.74, 6) is -0.679. The molecule has 2 heterocycles. The Kier molecular flexibility index (Phi) is 4.18. The number of ether oxygens (including phenoxy) is 1. The lowest BCUT2D eigenvalue weighted by atomic mass is 10.4. The molecule has 3 rings (SSSR count). The summed E-state index contributed by atoms with van der Waals surface area (Å²) in [5, 5.41) is 0. The number of carbonyl (C=O) groups is 1. The van der Waals surface area contributed by atoms with Crippen molar-refractivity contribution in [3.8, 4) is 0 Å². The molecule has 22 heavy (non-hydrogen) atoms. The second-order valence-corrected chi connectivity index (χ2v) is 9.10. The van der Waals surface area contributed by atoms with E-state index in [9.17, 15) is 13.2 Å². The second kappa shape index (κ2) is 5.70. The Morgan fingerprint density at radius 3 is 2.64 bits per heavy atom. The average molecular weight is 367 g/mol. The molecule has 1 aliphatic heterocycles. The third-order valence-corrected chi connectivity index (χ3v) is 6.75. The number of H-pyrrole nitrogens is 1. The third kappa shape index (κ3) is 3.13. The van der Waals surface area contributed by atoms with Crippen LogP contribution in [0.5, 0.6) is 0 Å². The van der Waals surface area contributed by atoms with Gasteiger partial charge in [0.25, 0.3) is 0 Å². The van der Waals surface area contributed by atoms with Crippen molar-refractivity contribution in [1.82, 2.24) is 9.29 Å². The molecule has 1 saturated carbocycles. The lowest BCUT2D eigenvalue weighted by Crippen LogP contribution is -2.27. The normalized spacial score (nSPS) is 24.4. The van der Waals surface area contributed by atoms with Gasteiger partial charge in [-0.05, 0) is 25.3 Å². The minimum atomic E-state index is -3.54. The zero-order valence-electron chi connectivity index (χ0n) is 11.7. The lowest BCUT2D eigenvalue weighted by Gasteiger charge is -2.13. The molecule has 1 aromatic rings. The first-order valence-electron chi connectivity index (χ1n) is 7.04. The molecule has 0 aromatic carbocycles. The van der Waals surface area contributed by atoms with E-state index >= 15 is 0 Å². The van der Waals surface area contributed by atoms with E-state index in [1.165, 1.54) is 16.6 Å². The lowest BCUT2D eigenvalue weighted by molar-refractivity contribution is 0.0479. The van der Waals surface area contributed by atoms with Crippen LogP contribution in [0.1, 0.15) is 29.8 Å². The van der Waals surface area contributed by atoms with Crippen LogP contribution in [0.2, 0.25) is 0 Å². The molecule has 2 fully saturated rings. The molecule has 9 heteroatoms. The monoisotopic (exact) mass is 366 g/mol. The van der Waals surface area contributed by atoms with Gasteiger partial charge in [-0.2, -0.15) is 4.31 Å². The van der Waals surface area contributed by atoms with Crippen molar-refractivity contribution in [1.29, 1.82) is 0 Å². The highest BCUT2D eigenvalue weighted by Gasteiger charge is 2.52. The van der Waals surface area contributed by atoms with Gasteiger partial charge in [0.15, 0.2) is 0 Å². The summed E-state index contributed by atoms with van der Waals surface area (Å²) in [6, 6.07) is 1.30. The molecule has 0 bridgehead atoms. The molecule has 6 nitrogen and oxygen atoms in total. The third-order valence-electron chi connectivity index (χ3n) is 3.95. The maximum Gasteiger partial charge on any atom is 0.354 e. The smallest absolute Gasteiger partial charge is 0.354 e. The van der Waals surface area contributed by atoms with Gasteiger partial charge in [0.1, 0.15) is 14.9 Å². The van der Waals surface area contributed by atoms with E-state index in [-0.39, 0.29) is 23.1 Å². The fourth-order valence-electron chi connectivity index (χ4n) is 2.42. The van der Waals surface area contributed by atoms with Crippen molar-refractivity contribution >= 4 is 39.2 Å². The number of alkyl halides is 2. The first kappa shape index (κ1) is 16.1. The average Bonchev–Trinajstić information content (AvgIpc) is 2.96. The molecule has 1 aromatic heterocycles. The topological polar surface area (TPSA) is 79.5 Å². The number of nitrogens with one attached hydrogen (secondary N) is 1.